The molecule has 2 nitrogen and oxygen atoms in total. The van der Waals surface area contributed by atoms with Crippen LogP contribution < -0.4 is 0 Å². The molecule has 17 heavy (non-hydrogen) atoms. The molecule has 0 radical (unpaired) electrons. The van der Waals surface area contributed by atoms with E-state index in [2.05, 4.69) is 6.92 Å². The van der Waals surface area contributed by atoms with E-state index in [1.54, 1.807) is 0 Å². The van der Waals surface area contributed by atoms with Crippen molar-refractivity contribution in [2.45, 2.75) is 76.6 Å². The average molecular weight is 238 g/mol. The number of rotatable bonds is 5. The van der Waals surface area contributed by atoms with Gasteiger partial charge in [-0.15, -0.1) is 0 Å². The van der Waals surface area contributed by atoms with Gasteiger partial charge in [0.05, 0.1) is 5.60 Å². The van der Waals surface area contributed by atoms with Gasteiger partial charge in [-0.3, -0.25) is 0 Å². The third-order valence-corrected chi connectivity index (χ3v) is 5.17. The summed E-state index contributed by atoms with van der Waals surface area (Å²) in [6.07, 6.45) is 10.5. The van der Waals surface area contributed by atoms with Gasteiger partial charge >= 0.3 is 0 Å². The molecule has 4 saturated carbocycles. The van der Waals surface area contributed by atoms with Crippen molar-refractivity contribution in [1.29, 1.82) is 0 Å². The second-order valence-electron chi connectivity index (χ2n) is 6.82. The first-order valence-electron chi connectivity index (χ1n) is 7.55. The molecular formula is C15H26O2. The van der Waals surface area contributed by atoms with Gasteiger partial charge in [-0.1, -0.05) is 13.3 Å². The number of hydrogen-bond acceptors (Lipinski definition) is 2. The summed E-state index contributed by atoms with van der Waals surface area (Å²) in [7, 11) is 0. The Kier molecular flexibility index (Phi) is 3.20. The molecule has 1 N–H and O–H groups in total. The second kappa shape index (κ2) is 4.55. The van der Waals surface area contributed by atoms with E-state index in [1.165, 1.54) is 38.5 Å². The van der Waals surface area contributed by atoms with Gasteiger partial charge in [0.2, 0.25) is 0 Å². The summed E-state index contributed by atoms with van der Waals surface area (Å²) in [5.74, 6) is 2.71. The Morgan fingerprint density at radius 3 is 2.12 bits per heavy atom. The molecule has 0 aliphatic heterocycles. The van der Waals surface area contributed by atoms with Crippen molar-refractivity contribution >= 4 is 0 Å². The Morgan fingerprint density at radius 1 is 1.12 bits per heavy atom. The lowest BCUT2D eigenvalue weighted by atomic mass is 9.54. The Morgan fingerprint density at radius 2 is 1.65 bits per heavy atom. The van der Waals surface area contributed by atoms with Crippen molar-refractivity contribution in [3.63, 3.8) is 0 Å². The topological polar surface area (TPSA) is 29.5 Å². The van der Waals surface area contributed by atoms with E-state index in [4.69, 9.17) is 4.74 Å². The molecule has 4 rings (SSSR count). The summed E-state index contributed by atoms with van der Waals surface area (Å²) in [5.41, 5.74) is 0.0713. The summed E-state index contributed by atoms with van der Waals surface area (Å²) in [6.45, 7) is 2.16. The maximum atomic E-state index is 10.0. The minimum absolute atomic E-state index is 0.0713. The van der Waals surface area contributed by atoms with Gasteiger partial charge in [0, 0.05) is 0 Å². The lowest BCUT2D eigenvalue weighted by molar-refractivity contribution is -0.242. The predicted molar refractivity (Wildman–Crippen MR) is 67.5 cm³/mol. The maximum Gasteiger partial charge on any atom is 0.155 e. The summed E-state index contributed by atoms with van der Waals surface area (Å²) in [6, 6.07) is 0. The molecule has 4 aliphatic rings. The first-order valence-corrected chi connectivity index (χ1v) is 7.55. The standard InChI is InChI=1S/C15H26O2/c1-2-3-4-14(16)17-15-8-11-5-12(9-15)7-13(6-11)10-15/h11-14,16H,2-10H2,1H3. The molecule has 0 heterocycles. The highest BCUT2D eigenvalue weighted by molar-refractivity contribution is 5.03. The van der Waals surface area contributed by atoms with Gasteiger partial charge in [0.1, 0.15) is 0 Å². The molecule has 4 bridgehead atoms. The van der Waals surface area contributed by atoms with E-state index >= 15 is 0 Å². The quantitative estimate of drug-likeness (QED) is 0.743. The van der Waals surface area contributed by atoms with E-state index in [0.717, 1.165) is 37.0 Å². The highest BCUT2D eigenvalue weighted by Crippen LogP contribution is 2.57. The van der Waals surface area contributed by atoms with Gasteiger partial charge in [-0.05, 0) is 69.1 Å². The number of ether oxygens (including phenoxy) is 1. The largest absolute Gasteiger partial charge is 0.368 e. The van der Waals surface area contributed by atoms with Crippen molar-refractivity contribution in [1.82, 2.24) is 0 Å². The molecule has 0 saturated heterocycles. The van der Waals surface area contributed by atoms with Crippen molar-refractivity contribution in [3.05, 3.63) is 0 Å². The smallest absolute Gasteiger partial charge is 0.155 e. The van der Waals surface area contributed by atoms with Crippen LogP contribution in [0.1, 0.15) is 64.7 Å². The summed E-state index contributed by atoms with van der Waals surface area (Å²) < 4.78 is 6.11. The molecule has 0 aromatic rings. The molecular weight excluding hydrogens is 212 g/mol. The Bertz CT molecular complexity index is 239. The maximum absolute atomic E-state index is 10.0. The molecule has 4 aliphatic carbocycles. The summed E-state index contributed by atoms with van der Waals surface area (Å²) >= 11 is 0. The number of aliphatic hydroxyl groups is 1. The zero-order chi connectivity index (χ0) is 11.9. The van der Waals surface area contributed by atoms with E-state index in [-0.39, 0.29) is 5.60 Å². The highest BCUT2D eigenvalue weighted by Gasteiger charge is 2.52. The van der Waals surface area contributed by atoms with Crippen LogP contribution in [-0.2, 0) is 4.74 Å². The van der Waals surface area contributed by atoms with E-state index in [1.807, 2.05) is 0 Å². The van der Waals surface area contributed by atoms with Crippen LogP contribution in [0, 0.1) is 17.8 Å². The van der Waals surface area contributed by atoms with Crippen LogP contribution in [0.3, 0.4) is 0 Å². The lowest BCUT2D eigenvalue weighted by Gasteiger charge is -2.56. The second-order valence-corrected chi connectivity index (χ2v) is 6.82. The predicted octanol–water partition coefficient (Wildman–Crippen LogP) is 3.48. The fourth-order valence-corrected chi connectivity index (χ4v) is 4.90. The first-order chi connectivity index (χ1) is 8.19. The third kappa shape index (κ3) is 2.39. The van der Waals surface area contributed by atoms with Crippen molar-refractivity contribution < 1.29 is 9.84 Å². The highest BCUT2D eigenvalue weighted by atomic mass is 16.6. The van der Waals surface area contributed by atoms with Crippen LogP contribution in [0.15, 0.2) is 0 Å². The Balaban J connectivity index is 1.62. The molecule has 0 amide bonds. The van der Waals surface area contributed by atoms with Crippen molar-refractivity contribution in [3.8, 4) is 0 Å². The van der Waals surface area contributed by atoms with Crippen molar-refractivity contribution in [2.24, 2.45) is 17.8 Å². The van der Waals surface area contributed by atoms with Crippen LogP contribution >= 0.6 is 0 Å². The molecule has 0 aromatic carbocycles. The number of unbranched alkanes of at least 4 members (excludes halogenated alkanes) is 1. The fraction of sp³-hybridized carbons (Fsp3) is 1.00. The number of hydrogen-bond donors (Lipinski definition) is 1. The van der Waals surface area contributed by atoms with Crippen LogP contribution in [0.25, 0.3) is 0 Å². The molecule has 1 atom stereocenters. The van der Waals surface area contributed by atoms with E-state index < -0.39 is 6.29 Å². The van der Waals surface area contributed by atoms with Crippen LogP contribution in [0.2, 0.25) is 0 Å². The van der Waals surface area contributed by atoms with Gasteiger partial charge in [-0.2, -0.15) is 0 Å². The minimum Gasteiger partial charge on any atom is -0.368 e. The summed E-state index contributed by atoms with van der Waals surface area (Å²) in [4.78, 5) is 0. The van der Waals surface area contributed by atoms with Crippen LogP contribution in [0.4, 0.5) is 0 Å². The van der Waals surface area contributed by atoms with E-state index in [0.29, 0.717) is 0 Å². The third-order valence-electron chi connectivity index (χ3n) is 5.17. The number of aliphatic hydroxyl groups excluding tert-OH is 1. The first kappa shape index (κ1) is 12.0. The Hall–Kier alpha value is -0.0800. The van der Waals surface area contributed by atoms with Crippen molar-refractivity contribution in [2.75, 3.05) is 0 Å². The molecule has 0 aromatic heterocycles. The van der Waals surface area contributed by atoms with Crippen LogP contribution in [-0.4, -0.2) is 17.0 Å². The molecule has 98 valence electrons. The monoisotopic (exact) mass is 238 g/mol. The van der Waals surface area contributed by atoms with Gasteiger partial charge in [-0.25, -0.2) is 0 Å². The molecule has 4 fully saturated rings. The molecule has 0 spiro atoms. The van der Waals surface area contributed by atoms with Gasteiger partial charge in [0.15, 0.2) is 6.29 Å². The van der Waals surface area contributed by atoms with Gasteiger partial charge < -0.3 is 9.84 Å². The fourth-order valence-electron chi connectivity index (χ4n) is 4.90. The lowest BCUT2D eigenvalue weighted by Crippen LogP contribution is -2.53. The SMILES string of the molecule is CCCCC(O)OC12CC3CC(CC(C3)C1)C2. The molecule has 2 heteroatoms. The average Bonchev–Trinajstić information content (AvgIpc) is 2.23. The molecule has 1 unspecified atom stereocenters. The van der Waals surface area contributed by atoms with E-state index in [9.17, 15) is 5.11 Å². The summed E-state index contributed by atoms with van der Waals surface area (Å²) in [5, 5.41) is 10.0. The van der Waals surface area contributed by atoms with Gasteiger partial charge in [0.25, 0.3) is 0 Å². The zero-order valence-corrected chi connectivity index (χ0v) is 11.0. The Labute approximate surface area is 105 Å². The minimum atomic E-state index is -0.508. The van der Waals surface area contributed by atoms with Crippen LogP contribution in [0.5, 0.6) is 0 Å². The zero-order valence-electron chi connectivity index (χ0n) is 11.0. The normalized spacial score (nSPS) is 45.2.